The lowest BCUT2D eigenvalue weighted by Gasteiger charge is -2.18. The number of hydrogen-bond acceptors (Lipinski definition) is 5. The number of carbonyl (C=O) groups is 3. The Balaban J connectivity index is 0. The van der Waals surface area contributed by atoms with E-state index in [0.717, 1.165) is 0 Å². The van der Waals surface area contributed by atoms with Crippen LogP contribution in [0.25, 0.3) is 0 Å². The molecular formula is C10H20N2O6. The Kier molecular flexibility index (Phi) is 9.50. The summed E-state index contributed by atoms with van der Waals surface area (Å²) in [5, 5.41) is 16.1. The molecule has 0 aromatic carbocycles. The van der Waals surface area contributed by atoms with Gasteiger partial charge >= 0.3 is 18.0 Å². The lowest BCUT2D eigenvalue weighted by molar-refractivity contribution is -0.138. The summed E-state index contributed by atoms with van der Waals surface area (Å²) in [4.78, 5) is 29.9. The summed E-state index contributed by atoms with van der Waals surface area (Å²) >= 11 is 0. The minimum absolute atomic E-state index is 0.0632. The number of carbonyl (C=O) groups excluding carboxylic acids is 1. The third-order valence-electron chi connectivity index (χ3n) is 1.30. The summed E-state index contributed by atoms with van der Waals surface area (Å²) in [6, 6.07) is 0. The van der Waals surface area contributed by atoms with Crippen LogP contribution in [0.3, 0.4) is 0 Å². The second-order valence-corrected chi connectivity index (χ2v) is 4.29. The number of nitrogens with one attached hydrogen (secondary N) is 1. The average molecular weight is 264 g/mol. The first-order valence-corrected chi connectivity index (χ1v) is 5.21. The molecule has 0 saturated carbocycles. The lowest BCUT2D eigenvalue weighted by atomic mass is 10.2. The molecule has 0 spiro atoms. The standard InChI is InChI=1S/C5H12N2O2.C5H8O4/c1-5(2,3)9-4(8)7-6;6-4(7)2-1-3-5(8)9/h6H2,1-3H3,(H,7,8);1-3H2,(H,6,7)(H,8,9). The molecule has 0 aromatic rings. The quantitative estimate of drug-likeness (QED) is 0.333. The van der Waals surface area contributed by atoms with Gasteiger partial charge in [0.15, 0.2) is 0 Å². The molecule has 0 fully saturated rings. The van der Waals surface area contributed by atoms with Crippen LogP contribution in [0.2, 0.25) is 0 Å². The minimum Gasteiger partial charge on any atom is -0.481 e. The number of hydrazine groups is 1. The molecule has 0 saturated heterocycles. The van der Waals surface area contributed by atoms with Gasteiger partial charge in [-0.25, -0.2) is 10.6 Å². The minimum atomic E-state index is -0.948. The molecule has 106 valence electrons. The maximum absolute atomic E-state index is 10.4. The molecule has 0 atom stereocenters. The predicted molar refractivity (Wildman–Crippen MR) is 62.7 cm³/mol. The Labute approximate surface area is 105 Å². The third-order valence-corrected chi connectivity index (χ3v) is 1.30. The average Bonchev–Trinajstić information content (AvgIpc) is 2.14. The summed E-state index contributed by atoms with van der Waals surface area (Å²) in [6.45, 7) is 5.30. The van der Waals surface area contributed by atoms with Gasteiger partial charge < -0.3 is 14.9 Å². The molecule has 0 aliphatic carbocycles. The highest BCUT2D eigenvalue weighted by atomic mass is 16.6. The summed E-state index contributed by atoms with van der Waals surface area (Å²) in [5.74, 6) is 2.86. The number of rotatable bonds is 4. The monoisotopic (exact) mass is 264 g/mol. The normalized spacial score (nSPS) is 9.78. The lowest BCUT2D eigenvalue weighted by Crippen LogP contribution is -2.36. The van der Waals surface area contributed by atoms with Crippen molar-refractivity contribution in [3.05, 3.63) is 0 Å². The van der Waals surface area contributed by atoms with Crippen molar-refractivity contribution in [2.45, 2.75) is 45.6 Å². The second-order valence-electron chi connectivity index (χ2n) is 4.29. The molecule has 0 heterocycles. The van der Waals surface area contributed by atoms with Crippen LogP contribution >= 0.6 is 0 Å². The van der Waals surface area contributed by atoms with Gasteiger partial charge in [-0.05, 0) is 27.2 Å². The van der Waals surface area contributed by atoms with Crippen LogP contribution in [-0.2, 0) is 14.3 Å². The van der Waals surface area contributed by atoms with E-state index in [1.165, 1.54) is 0 Å². The van der Waals surface area contributed by atoms with E-state index < -0.39 is 23.6 Å². The van der Waals surface area contributed by atoms with Gasteiger partial charge in [-0.2, -0.15) is 0 Å². The van der Waals surface area contributed by atoms with Crippen molar-refractivity contribution in [2.75, 3.05) is 0 Å². The molecule has 0 rings (SSSR count). The van der Waals surface area contributed by atoms with E-state index in [4.69, 9.17) is 20.8 Å². The van der Waals surface area contributed by atoms with Gasteiger partial charge in [-0.3, -0.25) is 15.0 Å². The Bertz CT molecular complexity index is 271. The molecular weight excluding hydrogens is 244 g/mol. The first-order chi connectivity index (χ1) is 8.08. The third kappa shape index (κ3) is 19.7. The molecule has 0 radical (unpaired) electrons. The van der Waals surface area contributed by atoms with Gasteiger partial charge in [0.2, 0.25) is 0 Å². The van der Waals surface area contributed by atoms with Crippen LogP contribution in [0.1, 0.15) is 40.0 Å². The van der Waals surface area contributed by atoms with Crippen molar-refractivity contribution in [2.24, 2.45) is 5.84 Å². The van der Waals surface area contributed by atoms with E-state index in [1.807, 2.05) is 5.43 Å². The molecule has 0 unspecified atom stereocenters. The highest BCUT2D eigenvalue weighted by molar-refractivity contribution is 5.69. The predicted octanol–water partition coefficient (Wildman–Crippen LogP) is 0.711. The summed E-state index contributed by atoms with van der Waals surface area (Å²) in [7, 11) is 0. The van der Waals surface area contributed by atoms with E-state index in [1.54, 1.807) is 20.8 Å². The fourth-order valence-corrected chi connectivity index (χ4v) is 0.698. The molecule has 0 aromatic heterocycles. The number of ether oxygens (including phenoxy) is 1. The van der Waals surface area contributed by atoms with E-state index in [0.29, 0.717) is 0 Å². The molecule has 18 heavy (non-hydrogen) atoms. The maximum atomic E-state index is 10.4. The van der Waals surface area contributed by atoms with Crippen molar-refractivity contribution in [3.63, 3.8) is 0 Å². The summed E-state index contributed by atoms with van der Waals surface area (Å²) in [6.07, 6.45) is -0.522. The first-order valence-electron chi connectivity index (χ1n) is 5.21. The zero-order valence-corrected chi connectivity index (χ0v) is 10.7. The number of amides is 1. The largest absolute Gasteiger partial charge is 0.481 e. The molecule has 0 aliphatic heterocycles. The van der Waals surface area contributed by atoms with Gasteiger partial charge in [0, 0.05) is 12.8 Å². The highest BCUT2D eigenvalue weighted by Crippen LogP contribution is 2.05. The van der Waals surface area contributed by atoms with E-state index in [2.05, 4.69) is 0 Å². The fourth-order valence-electron chi connectivity index (χ4n) is 0.698. The van der Waals surface area contributed by atoms with Crippen LogP contribution in [0.5, 0.6) is 0 Å². The smallest absolute Gasteiger partial charge is 0.421 e. The topological polar surface area (TPSA) is 139 Å². The van der Waals surface area contributed by atoms with Gasteiger partial charge in [0.05, 0.1) is 0 Å². The van der Waals surface area contributed by atoms with Crippen molar-refractivity contribution in [3.8, 4) is 0 Å². The number of hydrogen-bond donors (Lipinski definition) is 4. The van der Waals surface area contributed by atoms with Gasteiger partial charge in [-0.15, -0.1) is 0 Å². The number of carboxylic acids is 2. The Morgan fingerprint density at radius 3 is 1.67 bits per heavy atom. The molecule has 1 amide bonds. The number of nitrogens with two attached hydrogens (primary N) is 1. The van der Waals surface area contributed by atoms with Crippen molar-refractivity contribution >= 4 is 18.0 Å². The summed E-state index contributed by atoms with van der Waals surface area (Å²) in [5.41, 5.74) is 1.39. The van der Waals surface area contributed by atoms with Crippen LogP contribution in [-0.4, -0.2) is 33.8 Å². The van der Waals surface area contributed by atoms with E-state index in [-0.39, 0.29) is 19.3 Å². The zero-order valence-electron chi connectivity index (χ0n) is 10.7. The van der Waals surface area contributed by atoms with E-state index >= 15 is 0 Å². The SMILES string of the molecule is CC(C)(C)OC(=O)NN.O=C(O)CCCC(=O)O. The Morgan fingerprint density at radius 2 is 1.50 bits per heavy atom. The number of aliphatic carboxylic acids is 2. The Hall–Kier alpha value is -1.83. The molecule has 0 bridgehead atoms. The van der Waals surface area contributed by atoms with Crippen LogP contribution in [0.15, 0.2) is 0 Å². The van der Waals surface area contributed by atoms with Crippen molar-refractivity contribution in [1.82, 2.24) is 5.43 Å². The highest BCUT2D eigenvalue weighted by Gasteiger charge is 2.14. The van der Waals surface area contributed by atoms with Crippen molar-refractivity contribution < 1.29 is 29.3 Å². The summed E-state index contributed by atoms with van der Waals surface area (Å²) < 4.78 is 4.71. The van der Waals surface area contributed by atoms with Crippen LogP contribution < -0.4 is 11.3 Å². The molecule has 0 aliphatic rings. The maximum Gasteiger partial charge on any atom is 0.421 e. The van der Waals surface area contributed by atoms with Gasteiger partial charge in [-0.1, -0.05) is 0 Å². The zero-order chi connectivity index (χ0) is 14.8. The van der Waals surface area contributed by atoms with Crippen LogP contribution in [0, 0.1) is 0 Å². The van der Waals surface area contributed by atoms with Crippen LogP contribution in [0.4, 0.5) is 4.79 Å². The van der Waals surface area contributed by atoms with Gasteiger partial charge in [0.25, 0.3) is 0 Å². The first kappa shape index (κ1) is 18.5. The number of carboxylic acid groups (broad SMARTS) is 2. The molecule has 8 nitrogen and oxygen atoms in total. The second kappa shape index (κ2) is 9.23. The van der Waals surface area contributed by atoms with Gasteiger partial charge in [0.1, 0.15) is 5.60 Å². The van der Waals surface area contributed by atoms with E-state index in [9.17, 15) is 14.4 Å². The molecule has 8 heteroatoms. The van der Waals surface area contributed by atoms with Crippen molar-refractivity contribution in [1.29, 1.82) is 0 Å². The molecule has 5 N–H and O–H groups in total. The fraction of sp³-hybridized carbons (Fsp3) is 0.700. The Morgan fingerprint density at radius 1 is 1.11 bits per heavy atom.